The van der Waals surface area contributed by atoms with Crippen molar-refractivity contribution in [2.24, 2.45) is 0 Å². The average molecular weight is 765 g/mol. The molecule has 2 nitrogen and oxygen atoms in total. The molecule has 11 aromatic rings. The fraction of sp³-hybridized carbons (Fsp3) is 0. The van der Waals surface area contributed by atoms with Crippen LogP contribution in [0, 0.1) is 0 Å². The fourth-order valence-corrected chi connectivity index (χ4v) is 8.99. The van der Waals surface area contributed by atoms with Crippen LogP contribution >= 0.6 is 0 Å². The molecule has 0 N–H and O–H groups in total. The SMILES string of the molecule is c1ccc(-c2ccc(-c3ccc(N(c4ccc5c6ccccc6n(-c6ccccc6)c5c4)c4ccc5ccccc5c4-c4ccccc4)cc3)cc2-c2ccccc2)cc1. The zero-order valence-corrected chi connectivity index (χ0v) is 33.0. The molecule has 282 valence electrons. The first-order valence-corrected chi connectivity index (χ1v) is 20.6. The number of nitrogens with zero attached hydrogens (tertiary/aromatic N) is 2. The van der Waals surface area contributed by atoms with E-state index in [1.807, 2.05) is 0 Å². The van der Waals surface area contributed by atoms with Gasteiger partial charge in [0.1, 0.15) is 0 Å². The van der Waals surface area contributed by atoms with E-state index in [2.05, 4.69) is 252 Å². The standard InChI is InChI=1S/C58H40N2/c1-5-17-42(18-6-1)50-36-31-46(39-54(50)43-19-7-2-8-20-43)41-29-33-48(34-30-41)59(56-38-32-44-21-13-14-26-51(44)58(56)45-22-9-3-10-23-45)49-35-37-53-52-27-15-16-28-55(52)60(57(53)40-49)47-24-11-4-12-25-47/h1-40H. The molecular weight excluding hydrogens is 725 g/mol. The summed E-state index contributed by atoms with van der Waals surface area (Å²) in [5.74, 6) is 0. The molecule has 1 heterocycles. The number of fused-ring (bicyclic) bond motifs is 4. The van der Waals surface area contributed by atoms with Crippen LogP contribution in [0.2, 0.25) is 0 Å². The summed E-state index contributed by atoms with van der Waals surface area (Å²) in [7, 11) is 0. The van der Waals surface area contributed by atoms with E-state index in [1.54, 1.807) is 0 Å². The second-order valence-corrected chi connectivity index (χ2v) is 15.3. The molecule has 2 heteroatoms. The number of rotatable bonds is 8. The highest BCUT2D eigenvalue weighted by Crippen LogP contribution is 2.46. The van der Waals surface area contributed by atoms with Gasteiger partial charge in [-0.05, 0) is 104 Å². The number of hydrogen-bond acceptors (Lipinski definition) is 1. The van der Waals surface area contributed by atoms with Gasteiger partial charge in [0.15, 0.2) is 0 Å². The fourth-order valence-electron chi connectivity index (χ4n) is 8.99. The van der Waals surface area contributed by atoms with Crippen LogP contribution < -0.4 is 4.90 Å². The summed E-state index contributed by atoms with van der Waals surface area (Å²) in [4.78, 5) is 2.44. The topological polar surface area (TPSA) is 8.17 Å². The molecule has 0 saturated heterocycles. The van der Waals surface area contributed by atoms with Gasteiger partial charge in [0.25, 0.3) is 0 Å². The van der Waals surface area contributed by atoms with Gasteiger partial charge in [0.2, 0.25) is 0 Å². The van der Waals surface area contributed by atoms with Crippen LogP contribution in [0.4, 0.5) is 17.1 Å². The van der Waals surface area contributed by atoms with Crippen LogP contribution in [-0.2, 0) is 0 Å². The minimum atomic E-state index is 1.08. The maximum Gasteiger partial charge on any atom is 0.0561 e. The normalized spacial score (nSPS) is 11.3. The summed E-state index contributed by atoms with van der Waals surface area (Å²) < 4.78 is 2.40. The van der Waals surface area contributed by atoms with E-state index in [1.165, 1.54) is 66.0 Å². The van der Waals surface area contributed by atoms with Crippen LogP contribution in [0.25, 0.3) is 82.8 Å². The van der Waals surface area contributed by atoms with Crippen LogP contribution in [0.5, 0.6) is 0 Å². The number of para-hydroxylation sites is 2. The Balaban J connectivity index is 1.12. The van der Waals surface area contributed by atoms with Crippen molar-refractivity contribution in [3.05, 3.63) is 243 Å². The van der Waals surface area contributed by atoms with E-state index in [4.69, 9.17) is 0 Å². The van der Waals surface area contributed by atoms with Crippen LogP contribution in [0.3, 0.4) is 0 Å². The van der Waals surface area contributed by atoms with Gasteiger partial charge < -0.3 is 9.47 Å². The van der Waals surface area contributed by atoms with Gasteiger partial charge >= 0.3 is 0 Å². The van der Waals surface area contributed by atoms with Crippen molar-refractivity contribution >= 4 is 49.6 Å². The highest BCUT2D eigenvalue weighted by atomic mass is 15.1. The highest BCUT2D eigenvalue weighted by molar-refractivity contribution is 6.11. The summed E-state index contributed by atoms with van der Waals surface area (Å²) in [5, 5.41) is 4.89. The highest BCUT2D eigenvalue weighted by Gasteiger charge is 2.22. The number of benzene rings is 10. The summed E-state index contributed by atoms with van der Waals surface area (Å²) in [6.07, 6.45) is 0. The Morgan fingerprint density at radius 2 is 0.850 bits per heavy atom. The molecule has 0 aliphatic rings. The van der Waals surface area contributed by atoms with Crippen LogP contribution in [0.1, 0.15) is 0 Å². The molecule has 0 aliphatic heterocycles. The van der Waals surface area contributed by atoms with Gasteiger partial charge in [-0.2, -0.15) is 0 Å². The monoisotopic (exact) mass is 764 g/mol. The lowest BCUT2D eigenvalue weighted by atomic mass is 9.91. The zero-order valence-electron chi connectivity index (χ0n) is 33.0. The first-order valence-electron chi connectivity index (χ1n) is 20.6. The molecule has 1 aromatic heterocycles. The van der Waals surface area contributed by atoms with Gasteiger partial charge in [0.05, 0.1) is 16.7 Å². The molecule has 0 atom stereocenters. The van der Waals surface area contributed by atoms with Crippen molar-refractivity contribution in [1.29, 1.82) is 0 Å². The van der Waals surface area contributed by atoms with Crippen LogP contribution in [-0.4, -0.2) is 4.57 Å². The second-order valence-electron chi connectivity index (χ2n) is 15.3. The summed E-state index contributed by atoms with van der Waals surface area (Å²) in [5.41, 5.74) is 16.3. The molecular formula is C58H40N2. The van der Waals surface area contributed by atoms with Gasteiger partial charge in [-0.25, -0.2) is 0 Å². The molecule has 0 fully saturated rings. The van der Waals surface area contributed by atoms with Crippen molar-refractivity contribution in [2.75, 3.05) is 4.90 Å². The summed E-state index contributed by atoms with van der Waals surface area (Å²) >= 11 is 0. The Labute approximate surface area is 350 Å². The largest absolute Gasteiger partial charge is 0.310 e. The number of aromatic nitrogens is 1. The van der Waals surface area contributed by atoms with Crippen molar-refractivity contribution < 1.29 is 0 Å². The predicted molar refractivity (Wildman–Crippen MR) is 255 cm³/mol. The van der Waals surface area contributed by atoms with E-state index in [0.717, 1.165) is 33.8 Å². The maximum absolute atomic E-state index is 2.44. The lowest BCUT2D eigenvalue weighted by Crippen LogP contribution is -2.11. The molecule has 11 rings (SSSR count). The van der Waals surface area contributed by atoms with Crippen LogP contribution in [0.15, 0.2) is 243 Å². The average Bonchev–Trinajstić information content (AvgIpc) is 3.66. The smallest absolute Gasteiger partial charge is 0.0561 e. The van der Waals surface area contributed by atoms with E-state index >= 15 is 0 Å². The molecule has 10 aromatic carbocycles. The molecule has 0 aliphatic carbocycles. The van der Waals surface area contributed by atoms with E-state index in [9.17, 15) is 0 Å². The Kier molecular flexibility index (Phi) is 8.87. The lowest BCUT2D eigenvalue weighted by Gasteiger charge is -2.29. The third-order valence-corrected chi connectivity index (χ3v) is 11.8. The number of anilines is 3. The van der Waals surface area contributed by atoms with Gasteiger partial charge in [0, 0.05) is 33.4 Å². The third kappa shape index (κ3) is 6.23. The summed E-state index contributed by atoms with van der Waals surface area (Å²) in [6.45, 7) is 0. The van der Waals surface area contributed by atoms with Gasteiger partial charge in [-0.1, -0.05) is 188 Å². The van der Waals surface area contributed by atoms with Crippen molar-refractivity contribution in [2.45, 2.75) is 0 Å². The number of hydrogen-bond donors (Lipinski definition) is 0. The van der Waals surface area contributed by atoms with Crippen molar-refractivity contribution in [3.63, 3.8) is 0 Å². The van der Waals surface area contributed by atoms with E-state index < -0.39 is 0 Å². The summed E-state index contributed by atoms with van der Waals surface area (Å²) in [6, 6.07) is 87.9. The van der Waals surface area contributed by atoms with Gasteiger partial charge in [-0.15, -0.1) is 0 Å². The quantitative estimate of drug-likeness (QED) is 0.150. The molecule has 0 radical (unpaired) electrons. The van der Waals surface area contributed by atoms with Gasteiger partial charge in [-0.3, -0.25) is 0 Å². The Morgan fingerprint density at radius 1 is 0.300 bits per heavy atom. The van der Waals surface area contributed by atoms with Crippen molar-refractivity contribution in [3.8, 4) is 50.2 Å². The maximum atomic E-state index is 2.44. The Morgan fingerprint density at radius 3 is 1.57 bits per heavy atom. The first kappa shape index (κ1) is 35.2. The van der Waals surface area contributed by atoms with E-state index in [-0.39, 0.29) is 0 Å². The molecule has 0 saturated carbocycles. The minimum absolute atomic E-state index is 1.08. The molecule has 0 amide bonds. The third-order valence-electron chi connectivity index (χ3n) is 11.8. The Hall–Kier alpha value is -7.94. The van der Waals surface area contributed by atoms with Crippen molar-refractivity contribution in [1.82, 2.24) is 4.57 Å². The molecule has 0 spiro atoms. The molecule has 0 bridgehead atoms. The zero-order chi connectivity index (χ0) is 39.8. The molecule has 60 heavy (non-hydrogen) atoms. The first-order chi connectivity index (χ1) is 29.8. The van der Waals surface area contributed by atoms with E-state index in [0.29, 0.717) is 0 Å². The minimum Gasteiger partial charge on any atom is -0.310 e. The lowest BCUT2D eigenvalue weighted by molar-refractivity contribution is 1.18. The Bertz CT molecular complexity index is 3280. The predicted octanol–water partition coefficient (Wildman–Crippen LogP) is 16.1. The second kappa shape index (κ2) is 15.1. The molecule has 0 unspecified atom stereocenters.